The molecule has 0 radical (unpaired) electrons. The molecule has 0 amide bonds. The third kappa shape index (κ3) is 3.17. The molecule has 0 rings (SSSR count). The highest BCUT2D eigenvalue weighted by molar-refractivity contribution is 5.58. The molecule has 4 heteroatoms. The minimum Gasteiger partial charge on any atom is -0.428 e. The number of ether oxygens (including phenoxy) is 1. The summed E-state index contributed by atoms with van der Waals surface area (Å²) in [5.41, 5.74) is 0. The summed E-state index contributed by atoms with van der Waals surface area (Å²) in [4.78, 5) is 13.0. The Morgan fingerprint density at radius 1 is 1.88 bits per heavy atom. The van der Waals surface area contributed by atoms with Crippen LogP contribution in [0.25, 0.3) is 0 Å². The molecule has 8 heavy (non-hydrogen) atoms. The predicted molar refractivity (Wildman–Crippen MR) is 25.3 cm³/mol. The monoisotopic (exact) mass is 118 g/mol. The van der Waals surface area contributed by atoms with Crippen molar-refractivity contribution < 1.29 is 19.7 Å². The average molecular weight is 118 g/mol. The van der Waals surface area contributed by atoms with Gasteiger partial charge in [0.15, 0.2) is 0 Å². The molecule has 1 N–H and O–H groups in total. The van der Waals surface area contributed by atoms with Gasteiger partial charge in [-0.3, -0.25) is 4.89 Å². The second-order valence-corrected chi connectivity index (χ2v) is 0.941. The first-order valence-electron chi connectivity index (χ1n) is 1.90. The highest BCUT2D eigenvalue weighted by atomic mass is 17.1. The van der Waals surface area contributed by atoms with Gasteiger partial charge < -0.3 is 4.74 Å². The maximum Gasteiger partial charge on any atom is 0.540 e. The third-order valence-corrected chi connectivity index (χ3v) is 0.394. The Morgan fingerprint density at radius 2 is 2.50 bits per heavy atom. The smallest absolute Gasteiger partial charge is 0.428 e. The Labute approximate surface area is 46.3 Å². The van der Waals surface area contributed by atoms with Crippen molar-refractivity contribution in [3.05, 3.63) is 12.7 Å². The van der Waals surface area contributed by atoms with Gasteiger partial charge in [0, 0.05) is 0 Å². The second kappa shape index (κ2) is 4.14. The maximum absolute atomic E-state index is 9.83. The van der Waals surface area contributed by atoms with Crippen molar-refractivity contribution in [2.45, 2.75) is 0 Å². The van der Waals surface area contributed by atoms with Gasteiger partial charge in [0.05, 0.1) is 0 Å². The molecule has 0 aromatic rings. The van der Waals surface area contributed by atoms with Crippen LogP contribution in [-0.2, 0) is 9.62 Å². The van der Waals surface area contributed by atoms with E-state index >= 15 is 0 Å². The quantitative estimate of drug-likeness (QED) is 0.252. The summed E-state index contributed by atoms with van der Waals surface area (Å²) >= 11 is 0. The molecule has 0 spiro atoms. The van der Waals surface area contributed by atoms with Crippen LogP contribution in [0.1, 0.15) is 0 Å². The van der Waals surface area contributed by atoms with Crippen LogP contribution in [-0.4, -0.2) is 18.0 Å². The molecule has 0 unspecified atom stereocenters. The first-order valence-corrected chi connectivity index (χ1v) is 1.90. The Hall–Kier alpha value is -1.03. The lowest BCUT2D eigenvalue weighted by Gasteiger charge is -1.93. The minimum absolute atomic E-state index is 0.0411. The SMILES string of the molecule is C=CCOC(=O)OO. The van der Waals surface area contributed by atoms with Gasteiger partial charge in [0.1, 0.15) is 6.61 Å². The normalized spacial score (nSPS) is 7.62. The van der Waals surface area contributed by atoms with Gasteiger partial charge in [-0.25, -0.2) is 4.79 Å². The highest BCUT2D eigenvalue weighted by Gasteiger charge is 1.96. The Morgan fingerprint density at radius 3 is 2.88 bits per heavy atom. The average Bonchev–Trinajstić information content (AvgIpc) is 1.83. The van der Waals surface area contributed by atoms with Crippen LogP contribution < -0.4 is 0 Å². The van der Waals surface area contributed by atoms with Crippen molar-refractivity contribution in [1.82, 2.24) is 0 Å². The summed E-state index contributed by atoms with van der Waals surface area (Å²) in [5, 5.41) is 7.55. The van der Waals surface area contributed by atoms with Gasteiger partial charge in [-0.1, -0.05) is 12.7 Å². The van der Waals surface area contributed by atoms with E-state index in [1.807, 2.05) is 0 Å². The number of hydrogen-bond donors (Lipinski definition) is 1. The molecule has 0 bridgehead atoms. The molecule has 46 valence electrons. The molecule has 0 aromatic heterocycles. The van der Waals surface area contributed by atoms with Crippen LogP contribution in [0.4, 0.5) is 4.79 Å². The Bertz CT molecular complexity index is 88.0. The van der Waals surface area contributed by atoms with Crippen molar-refractivity contribution >= 4 is 6.16 Å². The van der Waals surface area contributed by atoms with Crippen molar-refractivity contribution in [3.8, 4) is 0 Å². The van der Waals surface area contributed by atoms with Gasteiger partial charge >= 0.3 is 6.16 Å². The van der Waals surface area contributed by atoms with E-state index in [4.69, 9.17) is 5.26 Å². The van der Waals surface area contributed by atoms with Crippen molar-refractivity contribution in [2.75, 3.05) is 6.61 Å². The fourth-order valence-corrected chi connectivity index (χ4v) is 0.153. The first-order chi connectivity index (χ1) is 3.81. The molecule has 0 aromatic carbocycles. The molecule has 0 fully saturated rings. The van der Waals surface area contributed by atoms with Crippen LogP contribution in [0, 0.1) is 0 Å². The largest absolute Gasteiger partial charge is 0.540 e. The lowest BCUT2D eigenvalue weighted by molar-refractivity contribution is -0.199. The Balaban J connectivity index is 3.11. The summed E-state index contributed by atoms with van der Waals surface area (Å²) in [7, 11) is 0. The lowest BCUT2D eigenvalue weighted by atomic mass is 10.7. The van der Waals surface area contributed by atoms with Gasteiger partial charge in [-0.2, -0.15) is 5.26 Å². The predicted octanol–water partition coefficient (Wildman–Crippen LogP) is 0.799. The van der Waals surface area contributed by atoms with Crippen LogP contribution >= 0.6 is 0 Å². The zero-order valence-corrected chi connectivity index (χ0v) is 4.16. The van der Waals surface area contributed by atoms with Gasteiger partial charge in [0.25, 0.3) is 0 Å². The van der Waals surface area contributed by atoms with Crippen molar-refractivity contribution in [1.29, 1.82) is 0 Å². The molecule has 0 atom stereocenters. The number of carbonyl (C=O) groups excluding carboxylic acids is 1. The van der Waals surface area contributed by atoms with Gasteiger partial charge in [0.2, 0.25) is 0 Å². The van der Waals surface area contributed by atoms with E-state index in [-0.39, 0.29) is 6.61 Å². The van der Waals surface area contributed by atoms with Gasteiger partial charge in [-0.15, -0.1) is 0 Å². The first kappa shape index (κ1) is 6.97. The zero-order valence-electron chi connectivity index (χ0n) is 4.16. The molecule has 0 aliphatic carbocycles. The topological polar surface area (TPSA) is 55.8 Å². The van der Waals surface area contributed by atoms with Crippen LogP contribution in [0.15, 0.2) is 12.7 Å². The molecular weight excluding hydrogens is 112 g/mol. The van der Waals surface area contributed by atoms with Crippen LogP contribution in [0.3, 0.4) is 0 Å². The molecule has 4 nitrogen and oxygen atoms in total. The van der Waals surface area contributed by atoms with Crippen LogP contribution in [0.2, 0.25) is 0 Å². The Kier molecular flexibility index (Phi) is 3.60. The highest BCUT2D eigenvalue weighted by Crippen LogP contribution is 1.79. The molecule has 0 aliphatic heterocycles. The van der Waals surface area contributed by atoms with Crippen molar-refractivity contribution in [2.24, 2.45) is 0 Å². The lowest BCUT2D eigenvalue weighted by Crippen LogP contribution is -2.03. The third-order valence-electron chi connectivity index (χ3n) is 0.394. The molecule has 0 aliphatic rings. The van der Waals surface area contributed by atoms with E-state index in [1.165, 1.54) is 6.08 Å². The fourth-order valence-electron chi connectivity index (χ4n) is 0.153. The molecule has 0 heterocycles. The maximum atomic E-state index is 9.83. The summed E-state index contributed by atoms with van der Waals surface area (Å²) in [6.07, 6.45) is 0.238. The summed E-state index contributed by atoms with van der Waals surface area (Å²) < 4.78 is 4.11. The summed E-state index contributed by atoms with van der Waals surface area (Å²) in [6, 6.07) is 0. The zero-order chi connectivity index (χ0) is 6.41. The van der Waals surface area contributed by atoms with E-state index in [2.05, 4.69) is 16.2 Å². The minimum atomic E-state index is -1.12. The number of carbonyl (C=O) groups is 1. The van der Waals surface area contributed by atoms with Crippen molar-refractivity contribution in [3.63, 3.8) is 0 Å². The number of hydrogen-bond acceptors (Lipinski definition) is 4. The van der Waals surface area contributed by atoms with Gasteiger partial charge in [-0.05, 0) is 0 Å². The standard InChI is InChI=1S/C4H6O4/c1-2-3-7-4(5)8-6/h2,6H,1,3H2. The second-order valence-electron chi connectivity index (χ2n) is 0.941. The van der Waals surface area contributed by atoms with E-state index in [1.54, 1.807) is 0 Å². The van der Waals surface area contributed by atoms with E-state index in [0.29, 0.717) is 0 Å². The van der Waals surface area contributed by atoms with E-state index < -0.39 is 6.16 Å². The summed E-state index contributed by atoms with van der Waals surface area (Å²) in [5.74, 6) is 0. The summed E-state index contributed by atoms with van der Waals surface area (Å²) in [6.45, 7) is 3.29. The molecular formula is C4H6O4. The number of rotatable bonds is 2. The fraction of sp³-hybridized carbons (Fsp3) is 0.250. The molecule has 0 saturated carbocycles. The van der Waals surface area contributed by atoms with E-state index in [9.17, 15) is 4.79 Å². The molecule has 0 saturated heterocycles. The van der Waals surface area contributed by atoms with E-state index in [0.717, 1.165) is 0 Å². The van der Waals surface area contributed by atoms with Crippen LogP contribution in [0.5, 0.6) is 0 Å².